The lowest BCUT2D eigenvalue weighted by atomic mass is 10.2. The highest BCUT2D eigenvalue weighted by Gasteiger charge is 2.25. The molecule has 19 heavy (non-hydrogen) atoms. The Hall–Kier alpha value is -1.11. The van der Waals surface area contributed by atoms with Crippen LogP contribution in [0.4, 0.5) is 17.6 Å². The van der Waals surface area contributed by atoms with Crippen LogP contribution >= 0.6 is 15.9 Å². The van der Waals surface area contributed by atoms with E-state index in [1.54, 1.807) is 0 Å². The second-order valence-electron chi connectivity index (χ2n) is 3.96. The van der Waals surface area contributed by atoms with Gasteiger partial charge in [-0.2, -0.15) is 13.2 Å². The molecule has 1 rings (SSSR count). The SMILES string of the molecule is O=C(NCCCCC(F)(F)F)c1ccc(F)c(Br)c1. The number of halogens is 5. The molecule has 0 unspecified atom stereocenters. The molecule has 106 valence electrons. The van der Waals surface area contributed by atoms with Crippen LogP contribution in [-0.4, -0.2) is 18.6 Å². The molecule has 2 nitrogen and oxygen atoms in total. The van der Waals surface area contributed by atoms with Gasteiger partial charge in [0.05, 0.1) is 4.47 Å². The summed E-state index contributed by atoms with van der Waals surface area (Å²) in [4.78, 5) is 11.6. The summed E-state index contributed by atoms with van der Waals surface area (Å²) in [5.74, 6) is -0.922. The van der Waals surface area contributed by atoms with Crippen molar-refractivity contribution in [2.45, 2.75) is 25.4 Å². The molecular formula is C12H12BrF4NO. The van der Waals surface area contributed by atoms with Crippen molar-refractivity contribution in [2.75, 3.05) is 6.54 Å². The zero-order valence-corrected chi connectivity index (χ0v) is 11.4. The van der Waals surface area contributed by atoms with Gasteiger partial charge >= 0.3 is 6.18 Å². The molecule has 1 N–H and O–H groups in total. The number of unbranched alkanes of at least 4 members (excludes halogenated alkanes) is 1. The third kappa shape index (κ3) is 6.04. The Kier molecular flexibility index (Phi) is 5.78. The number of hydrogen-bond acceptors (Lipinski definition) is 1. The Morgan fingerprint density at radius 2 is 1.95 bits per heavy atom. The molecule has 0 heterocycles. The van der Waals surface area contributed by atoms with Crippen molar-refractivity contribution in [2.24, 2.45) is 0 Å². The van der Waals surface area contributed by atoms with Crippen molar-refractivity contribution in [1.82, 2.24) is 5.32 Å². The molecule has 1 aromatic rings. The van der Waals surface area contributed by atoms with Crippen molar-refractivity contribution >= 4 is 21.8 Å². The third-order valence-electron chi connectivity index (χ3n) is 2.35. The fourth-order valence-electron chi connectivity index (χ4n) is 1.39. The summed E-state index contributed by atoms with van der Waals surface area (Å²) >= 11 is 2.95. The van der Waals surface area contributed by atoms with Crippen LogP contribution in [0.15, 0.2) is 22.7 Å². The van der Waals surface area contributed by atoms with Crippen LogP contribution < -0.4 is 5.32 Å². The van der Waals surface area contributed by atoms with Crippen LogP contribution in [0.5, 0.6) is 0 Å². The minimum Gasteiger partial charge on any atom is -0.352 e. The average Bonchev–Trinajstić information content (AvgIpc) is 2.30. The molecule has 0 fully saturated rings. The maximum Gasteiger partial charge on any atom is 0.389 e. The predicted molar refractivity (Wildman–Crippen MR) is 66.3 cm³/mol. The van der Waals surface area contributed by atoms with E-state index in [1.807, 2.05) is 0 Å². The molecule has 0 bridgehead atoms. The topological polar surface area (TPSA) is 29.1 Å². The van der Waals surface area contributed by atoms with E-state index in [1.165, 1.54) is 12.1 Å². The minimum absolute atomic E-state index is 0.0309. The normalized spacial score (nSPS) is 11.4. The van der Waals surface area contributed by atoms with Gasteiger partial charge in [0, 0.05) is 18.5 Å². The number of benzene rings is 1. The summed E-state index contributed by atoms with van der Waals surface area (Å²) in [7, 11) is 0. The molecule has 0 saturated heterocycles. The van der Waals surface area contributed by atoms with Crippen LogP contribution in [0.3, 0.4) is 0 Å². The van der Waals surface area contributed by atoms with Gasteiger partial charge in [-0.05, 0) is 47.0 Å². The monoisotopic (exact) mass is 341 g/mol. The Morgan fingerprint density at radius 3 is 2.53 bits per heavy atom. The van der Waals surface area contributed by atoms with E-state index < -0.39 is 24.3 Å². The van der Waals surface area contributed by atoms with Crippen molar-refractivity contribution in [3.05, 3.63) is 34.1 Å². The number of hydrogen-bond donors (Lipinski definition) is 1. The average molecular weight is 342 g/mol. The third-order valence-corrected chi connectivity index (χ3v) is 2.96. The number of nitrogens with one attached hydrogen (secondary N) is 1. The summed E-state index contributed by atoms with van der Waals surface area (Å²) in [6.45, 7) is 0.157. The van der Waals surface area contributed by atoms with Gasteiger partial charge in [0.2, 0.25) is 0 Å². The summed E-state index contributed by atoms with van der Waals surface area (Å²) < 4.78 is 48.7. The highest BCUT2D eigenvalue weighted by atomic mass is 79.9. The summed E-state index contributed by atoms with van der Waals surface area (Å²) in [5.41, 5.74) is 0.254. The maximum absolute atomic E-state index is 12.9. The first-order chi connectivity index (χ1) is 8.79. The van der Waals surface area contributed by atoms with Crippen LogP contribution in [0.1, 0.15) is 29.6 Å². The Bertz CT molecular complexity index is 448. The van der Waals surface area contributed by atoms with Crippen LogP contribution in [0.25, 0.3) is 0 Å². The maximum atomic E-state index is 12.9. The Morgan fingerprint density at radius 1 is 1.26 bits per heavy atom. The smallest absolute Gasteiger partial charge is 0.352 e. The molecule has 0 aliphatic heterocycles. The Labute approximate surface area is 116 Å². The first-order valence-corrected chi connectivity index (χ1v) is 6.39. The van der Waals surface area contributed by atoms with E-state index in [0.29, 0.717) is 0 Å². The summed E-state index contributed by atoms with van der Waals surface area (Å²) in [6.07, 6.45) is -4.80. The molecule has 1 amide bonds. The number of alkyl halides is 3. The number of carbonyl (C=O) groups is 1. The van der Waals surface area contributed by atoms with E-state index in [2.05, 4.69) is 21.2 Å². The largest absolute Gasteiger partial charge is 0.389 e. The standard InChI is InChI=1S/C12H12BrF4NO/c13-9-7-8(3-4-10(9)14)11(19)18-6-2-1-5-12(15,16)17/h3-4,7H,1-2,5-6H2,(H,18,19). The van der Waals surface area contributed by atoms with E-state index in [0.717, 1.165) is 6.07 Å². The predicted octanol–water partition coefficient (Wildman–Crippen LogP) is 4.05. The number of amides is 1. The van der Waals surface area contributed by atoms with Crippen LogP contribution in [0.2, 0.25) is 0 Å². The van der Waals surface area contributed by atoms with E-state index >= 15 is 0 Å². The lowest BCUT2D eigenvalue weighted by Gasteiger charge is -2.07. The summed E-state index contributed by atoms with van der Waals surface area (Å²) in [6, 6.07) is 3.77. The minimum atomic E-state index is -4.16. The van der Waals surface area contributed by atoms with Gasteiger partial charge in [-0.15, -0.1) is 0 Å². The first-order valence-electron chi connectivity index (χ1n) is 5.59. The number of rotatable bonds is 5. The molecule has 0 saturated carbocycles. The van der Waals surface area contributed by atoms with Crippen molar-refractivity contribution in [3.8, 4) is 0 Å². The Balaban J connectivity index is 2.33. The molecule has 0 aromatic heterocycles. The van der Waals surface area contributed by atoms with Gasteiger partial charge in [0.25, 0.3) is 5.91 Å². The molecular weight excluding hydrogens is 330 g/mol. The lowest BCUT2D eigenvalue weighted by molar-refractivity contribution is -0.135. The first kappa shape index (κ1) is 15.9. The second-order valence-corrected chi connectivity index (χ2v) is 4.81. The van der Waals surface area contributed by atoms with Gasteiger partial charge in [-0.1, -0.05) is 0 Å². The molecule has 7 heteroatoms. The van der Waals surface area contributed by atoms with E-state index in [9.17, 15) is 22.4 Å². The quantitative estimate of drug-likeness (QED) is 0.635. The van der Waals surface area contributed by atoms with Gasteiger partial charge < -0.3 is 5.32 Å². The van der Waals surface area contributed by atoms with Crippen molar-refractivity contribution < 1.29 is 22.4 Å². The number of carbonyl (C=O) groups excluding carboxylic acids is 1. The lowest BCUT2D eigenvalue weighted by Crippen LogP contribution is -2.24. The molecule has 0 atom stereocenters. The van der Waals surface area contributed by atoms with Gasteiger partial charge in [-0.25, -0.2) is 4.39 Å². The zero-order chi connectivity index (χ0) is 14.5. The second kappa shape index (κ2) is 6.88. The van der Waals surface area contributed by atoms with Gasteiger partial charge in [0.1, 0.15) is 5.82 Å². The molecule has 0 aliphatic carbocycles. The van der Waals surface area contributed by atoms with Crippen LogP contribution in [0, 0.1) is 5.82 Å². The highest BCUT2D eigenvalue weighted by molar-refractivity contribution is 9.10. The molecule has 0 spiro atoms. The highest BCUT2D eigenvalue weighted by Crippen LogP contribution is 2.22. The zero-order valence-electron chi connectivity index (χ0n) is 9.86. The van der Waals surface area contributed by atoms with Crippen molar-refractivity contribution in [1.29, 1.82) is 0 Å². The fourth-order valence-corrected chi connectivity index (χ4v) is 1.77. The molecule has 0 radical (unpaired) electrons. The van der Waals surface area contributed by atoms with E-state index in [4.69, 9.17) is 0 Å². The van der Waals surface area contributed by atoms with Crippen molar-refractivity contribution in [3.63, 3.8) is 0 Å². The molecule has 0 aliphatic rings. The van der Waals surface area contributed by atoms with E-state index in [-0.39, 0.29) is 29.4 Å². The van der Waals surface area contributed by atoms with Gasteiger partial charge in [-0.3, -0.25) is 4.79 Å². The van der Waals surface area contributed by atoms with Crippen LogP contribution in [-0.2, 0) is 0 Å². The summed E-state index contributed by atoms with van der Waals surface area (Å²) in [5, 5.41) is 2.48. The fraction of sp³-hybridized carbons (Fsp3) is 0.417. The van der Waals surface area contributed by atoms with Gasteiger partial charge in [0.15, 0.2) is 0 Å². The molecule has 1 aromatic carbocycles.